The van der Waals surface area contributed by atoms with Crippen molar-refractivity contribution in [2.45, 2.75) is 19.9 Å². The normalized spacial score (nSPS) is 14.1. The summed E-state index contributed by atoms with van der Waals surface area (Å²) in [6.07, 6.45) is 0. The fourth-order valence-electron chi connectivity index (χ4n) is 1.68. The van der Waals surface area contributed by atoms with Crippen LogP contribution in [-0.4, -0.2) is 19.5 Å². The van der Waals surface area contributed by atoms with Crippen LogP contribution in [0.4, 0.5) is 4.39 Å². The molecule has 0 bridgehead atoms. The van der Waals surface area contributed by atoms with Crippen LogP contribution in [0.1, 0.15) is 25.5 Å². The number of hydrogen-bond donors (Lipinski definition) is 2. The number of benzene rings is 1. The van der Waals surface area contributed by atoms with Crippen molar-refractivity contribution in [2.75, 3.05) is 13.6 Å². The maximum Gasteiger partial charge on any atom is 0.224 e. The molecular weight excluding hydrogens is 255 g/mol. The second-order valence-electron chi connectivity index (χ2n) is 4.35. The van der Waals surface area contributed by atoms with Crippen LogP contribution in [-0.2, 0) is 4.79 Å². The summed E-state index contributed by atoms with van der Waals surface area (Å²) in [5, 5.41) is 6.12. The van der Waals surface area contributed by atoms with Crippen molar-refractivity contribution in [1.29, 1.82) is 0 Å². The van der Waals surface area contributed by atoms with Gasteiger partial charge in [-0.2, -0.15) is 0 Å². The monoisotopic (exact) mass is 272 g/mol. The van der Waals surface area contributed by atoms with Gasteiger partial charge < -0.3 is 10.6 Å². The summed E-state index contributed by atoms with van der Waals surface area (Å²) in [4.78, 5) is 11.8. The smallest absolute Gasteiger partial charge is 0.224 e. The van der Waals surface area contributed by atoms with Gasteiger partial charge in [-0.1, -0.05) is 24.6 Å². The number of hydrogen-bond acceptors (Lipinski definition) is 2. The van der Waals surface area contributed by atoms with Gasteiger partial charge in [-0.3, -0.25) is 4.79 Å². The van der Waals surface area contributed by atoms with Gasteiger partial charge in [-0.25, -0.2) is 4.39 Å². The van der Waals surface area contributed by atoms with Crippen LogP contribution >= 0.6 is 11.6 Å². The molecule has 5 heteroatoms. The molecule has 2 atom stereocenters. The Morgan fingerprint density at radius 1 is 1.44 bits per heavy atom. The molecule has 100 valence electrons. The second-order valence-corrected chi connectivity index (χ2v) is 4.76. The zero-order chi connectivity index (χ0) is 13.7. The van der Waals surface area contributed by atoms with Crippen LogP contribution in [0.25, 0.3) is 0 Å². The molecule has 1 aromatic carbocycles. The standard InChI is InChI=1S/C13H18ClFN2O/c1-8(7-16-3)13(18)17-9(2)11-5-4-10(15)6-12(11)14/h4-6,8-9,16H,7H2,1-3H3,(H,17,18). The summed E-state index contributed by atoms with van der Waals surface area (Å²) < 4.78 is 12.9. The van der Waals surface area contributed by atoms with Crippen molar-refractivity contribution in [3.8, 4) is 0 Å². The van der Waals surface area contributed by atoms with Gasteiger partial charge in [-0.15, -0.1) is 0 Å². The molecule has 18 heavy (non-hydrogen) atoms. The lowest BCUT2D eigenvalue weighted by atomic mass is 10.1. The lowest BCUT2D eigenvalue weighted by molar-refractivity contribution is -0.125. The topological polar surface area (TPSA) is 41.1 Å². The number of carbonyl (C=O) groups is 1. The zero-order valence-corrected chi connectivity index (χ0v) is 11.5. The largest absolute Gasteiger partial charge is 0.349 e. The van der Waals surface area contributed by atoms with Gasteiger partial charge in [0.05, 0.1) is 6.04 Å². The predicted octanol–water partition coefficient (Wildman–Crippen LogP) is 2.51. The third-order valence-corrected chi connectivity index (χ3v) is 3.07. The number of rotatable bonds is 5. The summed E-state index contributed by atoms with van der Waals surface area (Å²) in [6.45, 7) is 4.27. The summed E-state index contributed by atoms with van der Waals surface area (Å²) in [7, 11) is 1.80. The molecule has 0 spiro atoms. The van der Waals surface area contributed by atoms with Crippen molar-refractivity contribution in [2.24, 2.45) is 5.92 Å². The van der Waals surface area contributed by atoms with E-state index in [0.717, 1.165) is 0 Å². The number of nitrogens with one attached hydrogen (secondary N) is 2. The number of amides is 1. The first-order chi connectivity index (χ1) is 8.45. The van der Waals surface area contributed by atoms with Crippen LogP contribution in [0.3, 0.4) is 0 Å². The summed E-state index contributed by atoms with van der Waals surface area (Å²) in [5.41, 5.74) is 0.711. The summed E-state index contributed by atoms with van der Waals surface area (Å²) in [6, 6.07) is 3.92. The van der Waals surface area contributed by atoms with Gasteiger partial charge in [0.25, 0.3) is 0 Å². The SMILES string of the molecule is CNCC(C)C(=O)NC(C)c1ccc(F)cc1Cl. The third kappa shape index (κ3) is 3.96. The quantitative estimate of drug-likeness (QED) is 0.865. The molecule has 2 N–H and O–H groups in total. The van der Waals surface area contributed by atoms with E-state index in [1.165, 1.54) is 12.1 Å². The molecule has 3 nitrogen and oxygen atoms in total. The average Bonchev–Trinajstić information content (AvgIpc) is 2.28. The second kappa shape index (κ2) is 6.71. The highest BCUT2D eigenvalue weighted by molar-refractivity contribution is 6.31. The number of carbonyl (C=O) groups excluding carboxylic acids is 1. The van der Waals surface area contributed by atoms with E-state index in [2.05, 4.69) is 10.6 Å². The van der Waals surface area contributed by atoms with E-state index in [4.69, 9.17) is 11.6 Å². The molecule has 0 aromatic heterocycles. The first-order valence-corrected chi connectivity index (χ1v) is 6.23. The fourth-order valence-corrected chi connectivity index (χ4v) is 2.02. The molecule has 0 fully saturated rings. The van der Waals surface area contributed by atoms with Gasteiger partial charge >= 0.3 is 0 Å². The minimum Gasteiger partial charge on any atom is -0.349 e. The molecule has 2 unspecified atom stereocenters. The Bertz CT molecular complexity index is 425. The average molecular weight is 273 g/mol. The van der Waals surface area contributed by atoms with Crippen molar-refractivity contribution in [3.05, 3.63) is 34.6 Å². The lowest BCUT2D eigenvalue weighted by Gasteiger charge is -2.18. The van der Waals surface area contributed by atoms with E-state index in [1.54, 1.807) is 13.1 Å². The summed E-state index contributed by atoms with van der Waals surface area (Å²) >= 11 is 5.94. The first kappa shape index (κ1) is 14.9. The van der Waals surface area contributed by atoms with E-state index in [0.29, 0.717) is 17.1 Å². The molecule has 1 amide bonds. The highest BCUT2D eigenvalue weighted by Gasteiger charge is 2.17. The Morgan fingerprint density at radius 2 is 2.11 bits per heavy atom. The molecule has 0 saturated heterocycles. The lowest BCUT2D eigenvalue weighted by Crippen LogP contribution is -2.35. The molecule has 0 aliphatic rings. The minimum absolute atomic E-state index is 0.0581. The molecule has 0 radical (unpaired) electrons. The Kier molecular flexibility index (Phi) is 5.56. The van der Waals surface area contributed by atoms with E-state index in [1.807, 2.05) is 13.8 Å². The van der Waals surface area contributed by atoms with Gasteiger partial charge in [-0.05, 0) is 31.7 Å². The van der Waals surface area contributed by atoms with Gasteiger partial charge in [0.2, 0.25) is 5.91 Å². The van der Waals surface area contributed by atoms with E-state index >= 15 is 0 Å². The van der Waals surface area contributed by atoms with Crippen LogP contribution < -0.4 is 10.6 Å². The molecule has 0 aliphatic heterocycles. The first-order valence-electron chi connectivity index (χ1n) is 5.85. The van der Waals surface area contributed by atoms with Crippen LogP contribution in [0.5, 0.6) is 0 Å². The Morgan fingerprint density at radius 3 is 2.67 bits per heavy atom. The molecular formula is C13H18ClFN2O. The molecule has 0 heterocycles. The highest BCUT2D eigenvalue weighted by Crippen LogP contribution is 2.23. The van der Waals surface area contributed by atoms with Crippen molar-refractivity contribution >= 4 is 17.5 Å². The predicted molar refractivity (Wildman–Crippen MR) is 71.1 cm³/mol. The Hall–Kier alpha value is -1.13. The maximum absolute atomic E-state index is 12.9. The van der Waals surface area contributed by atoms with E-state index in [9.17, 15) is 9.18 Å². The number of halogens is 2. The van der Waals surface area contributed by atoms with Crippen LogP contribution in [0, 0.1) is 11.7 Å². The molecule has 0 saturated carbocycles. The highest BCUT2D eigenvalue weighted by atomic mass is 35.5. The molecule has 1 rings (SSSR count). The van der Waals surface area contributed by atoms with Crippen molar-refractivity contribution in [3.63, 3.8) is 0 Å². The Balaban J connectivity index is 2.70. The zero-order valence-electron chi connectivity index (χ0n) is 10.8. The van der Waals surface area contributed by atoms with E-state index in [-0.39, 0.29) is 23.7 Å². The minimum atomic E-state index is -0.383. The van der Waals surface area contributed by atoms with Crippen molar-refractivity contribution < 1.29 is 9.18 Å². The van der Waals surface area contributed by atoms with Gasteiger partial charge in [0, 0.05) is 17.5 Å². The third-order valence-electron chi connectivity index (χ3n) is 2.75. The summed E-state index contributed by atoms with van der Waals surface area (Å²) in [5.74, 6) is -0.570. The van der Waals surface area contributed by atoms with Crippen LogP contribution in [0.15, 0.2) is 18.2 Å². The van der Waals surface area contributed by atoms with Gasteiger partial charge in [0.1, 0.15) is 5.82 Å². The molecule has 1 aromatic rings. The van der Waals surface area contributed by atoms with Gasteiger partial charge in [0.15, 0.2) is 0 Å². The molecule has 0 aliphatic carbocycles. The van der Waals surface area contributed by atoms with Crippen molar-refractivity contribution in [1.82, 2.24) is 10.6 Å². The van der Waals surface area contributed by atoms with Crippen LogP contribution in [0.2, 0.25) is 5.02 Å². The maximum atomic E-state index is 12.9. The Labute approximate surface area is 112 Å². The van der Waals surface area contributed by atoms with E-state index < -0.39 is 0 Å². The fraction of sp³-hybridized carbons (Fsp3) is 0.462.